The predicted molar refractivity (Wildman–Crippen MR) is 71.1 cm³/mol. The second kappa shape index (κ2) is 5.83. The molecule has 0 aromatic heterocycles. The van der Waals surface area contributed by atoms with E-state index in [-0.39, 0.29) is 18.4 Å². The number of β-amino-alcohol motifs (C(OH)–C–C–N with tert-alkyl or cyclic N) is 1. The van der Waals surface area contributed by atoms with Gasteiger partial charge in [0.1, 0.15) is 0 Å². The predicted octanol–water partition coefficient (Wildman–Crippen LogP) is 2.07. The van der Waals surface area contributed by atoms with E-state index in [2.05, 4.69) is 31.2 Å². The third kappa shape index (κ3) is 2.79. The Bertz CT molecular complexity index is 436. The molecule has 0 saturated carbocycles. The lowest BCUT2D eigenvalue weighted by Crippen LogP contribution is -2.32. The molecule has 0 bridgehead atoms. The van der Waals surface area contributed by atoms with Crippen LogP contribution in [0.25, 0.3) is 0 Å². The molecule has 1 aliphatic heterocycles. The van der Waals surface area contributed by atoms with E-state index < -0.39 is 0 Å². The van der Waals surface area contributed by atoms with E-state index in [1.807, 2.05) is 6.08 Å². The van der Waals surface area contributed by atoms with Gasteiger partial charge in [0.2, 0.25) is 5.91 Å². The van der Waals surface area contributed by atoms with Crippen LogP contribution in [0.3, 0.4) is 0 Å². The Morgan fingerprint density at radius 1 is 1.33 bits per heavy atom. The van der Waals surface area contributed by atoms with Crippen LogP contribution in [0, 0.1) is 0 Å². The van der Waals surface area contributed by atoms with Gasteiger partial charge in [0, 0.05) is 25.1 Å². The number of aliphatic hydroxyl groups is 1. The van der Waals surface area contributed by atoms with Gasteiger partial charge in [0.15, 0.2) is 0 Å². The van der Waals surface area contributed by atoms with Gasteiger partial charge in [0.05, 0.1) is 6.61 Å². The zero-order chi connectivity index (χ0) is 13.0. The molecule has 0 spiro atoms. The minimum Gasteiger partial charge on any atom is -0.395 e. The first kappa shape index (κ1) is 12.8. The van der Waals surface area contributed by atoms with Gasteiger partial charge in [-0.15, -0.1) is 0 Å². The molecule has 0 saturated heterocycles. The van der Waals surface area contributed by atoms with Crippen molar-refractivity contribution < 1.29 is 9.90 Å². The smallest absolute Gasteiger partial charge is 0.227 e. The van der Waals surface area contributed by atoms with Gasteiger partial charge in [-0.05, 0) is 17.5 Å². The summed E-state index contributed by atoms with van der Waals surface area (Å²) in [6.45, 7) is 2.52. The van der Waals surface area contributed by atoms with E-state index in [0.29, 0.717) is 13.0 Å². The minimum absolute atomic E-state index is 0.00590. The van der Waals surface area contributed by atoms with Crippen molar-refractivity contribution in [3.05, 3.63) is 47.7 Å². The average Bonchev–Trinajstić information content (AvgIpc) is 2.41. The summed E-state index contributed by atoms with van der Waals surface area (Å²) in [6, 6.07) is 8.44. The third-order valence-corrected chi connectivity index (χ3v) is 3.37. The fourth-order valence-electron chi connectivity index (χ4n) is 2.20. The van der Waals surface area contributed by atoms with Crippen molar-refractivity contribution in [3.8, 4) is 0 Å². The summed E-state index contributed by atoms with van der Waals surface area (Å²) in [5.41, 5.74) is 2.49. The number of aryl methyl sites for hydroxylation is 1. The number of hydrogen-bond donors (Lipinski definition) is 1. The molecular formula is C15H19NO2. The van der Waals surface area contributed by atoms with E-state index in [1.165, 1.54) is 11.1 Å². The first-order valence-electron chi connectivity index (χ1n) is 6.42. The topological polar surface area (TPSA) is 40.5 Å². The van der Waals surface area contributed by atoms with Crippen molar-refractivity contribution >= 4 is 5.91 Å². The van der Waals surface area contributed by atoms with Crippen LogP contribution in [0.2, 0.25) is 0 Å². The highest BCUT2D eigenvalue weighted by atomic mass is 16.3. The molecule has 0 radical (unpaired) electrons. The maximum absolute atomic E-state index is 11.9. The Labute approximate surface area is 108 Å². The second-order valence-corrected chi connectivity index (χ2v) is 4.56. The number of allylic oxidation sites excluding steroid dienone is 1. The van der Waals surface area contributed by atoms with Crippen molar-refractivity contribution in [3.63, 3.8) is 0 Å². The van der Waals surface area contributed by atoms with Crippen molar-refractivity contribution in [2.75, 3.05) is 13.2 Å². The summed E-state index contributed by atoms with van der Waals surface area (Å²) in [7, 11) is 0. The number of hydrogen-bond acceptors (Lipinski definition) is 2. The molecule has 0 aliphatic carbocycles. The molecule has 1 aliphatic rings. The van der Waals surface area contributed by atoms with Crippen LogP contribution >= 0.6 is 0 Å². The number of benzene rings is 1. The third-order valence-electron chi connectivity index (χ3n) is 3.37. The molecule has 1 amide bonds. The molecule has 96 valence electrons. The molecule has 3 nitrogen and oxygen atoms in total. The van der Waals surface area contributed by atoms with Crippen molar-refractivity contribution in [1.82, 2.24) is 4.90 Å². The quantitative estimate of drug-likeness (QED) is 0.882. The van der Waals surface area contributed by atoms with Crippen molar-refractivity contribution in [2.45, 2.75) is 25.7 Å². The molecule has 1 aromatic carbocycles. The summed E-state index contributed by atoms with van der Waals surface area (Å²) in [4.78, 5) is 13.4. The van der Waals surface area contributed by atoms with Crippen molar-refractivity contribution in [1.29, 1.82) is 0 Å². The second-order valence-electron chi connectivity index (χ2n) is 4.56. The van der Waals surface area contributed by atoms with Crippen LogP contribution in [0.4, 0.5) is 0 Å². The molecule has 0 fully saturated rings. The molecule has 1 atom stereocenters. The van der Waals surface area contributed by atoms with Gasteiger partial charge in [-0.1, -0.05) is 37.3 Å². The first-order valence-corrected chi connectivity index (χ1v) is 6.42. The van der Waals surface area contributed by atoms with Crippen LogP contribution in [0.15, 0.2) is 36.5 Å². The highest BCUT2D eigenvalue weighted by Crippen LogP contribution is 2.26. The lowest BCUT2D eigenvalue weighted by molar-refractivity contribution is -0.129. The summed E-state index contributed by atoms with van der Waals surface area (Å²) in [5.74, 6) is 0.245. The lowest BCUT2D eigenvalue weighted by Gasteiger charge is -2.25. The standard InChI is InChI=1S/C15H19NO2/c1-2-12-3-5-13(6-4-12)14-7-8-16(9-10-17)15(18)11-14/h3-8,14,17H,2,9-11H2,1H3. The van der Waals surface area contributed by atoms with Gasteiger partial charge >= 0.3 is 0 Å². The molecule has 1 N–H and O–H groups in total. The first-order chi connectivity index (χ1) is 8.74. The number of aliphatic hydroxyl groups excluding tert-OH is 1. The van der Waals surface area contributed by atoms with Crippen LogP contribution < -0.4 is 0 Å². The Hall–Kier alpha value is -1.61. The largest absolute Gasteiger partial charge is 0.395 e. The van der Waals surface area contributed by atoms with E-state index in [4.69, 9.17) is 5.11 Å². The SMILES string of the molecule is CCc1ccc(C2C=CN(CCO)C(=O)C2)cc1. The van der Waals surface area contributed by atoms with E-state index in [1.54, 1.807) is 11.1 Å². The van der Waals surface area contributed by atoms with E-state index in [9.17, 15) is 4.79 Å². The van der Waals surface area contributed by atoms with Crippen LogP contribution in [0.1, 0.15) is 30.4 Å². The maximum atomic E-state index is 11.9. The van der Waals surface area contributed by atoms with E-state index >= 15 is 0 Å². The molecule has 18 heavy (non-hydrogen) atoms. The van der Waals surface area contributed by atoms with Gasteiger partial charge in [0.25, 0.3) is 0 Å². The minimum atomic E-state index is 0.00590. The maximum Gasteiger partial charge on any atom is 0.227 e. The van der Waals surface area contributed by atoms with Crippen molar-refractivity contribution in [2.24, 2.45) is 0 Å². The number of carbonyl (C=O) groups is 1. The molecule has 1 heterocycles. The Kier molecular flexibility index (Phi) is 4.15. The van der Waals surface area contributed by atoms with Gasteiger partial charge in [-0.3, -0.25) is 4.79 Å². The zero-order valence-electron chi connectivity index (χ0n) is 10.7. The lowest BCUT2D eigenvalue weighted by atomic mass is 9.92. The summed E-state index contributed by atoms with van der Waals surface area (Å²) < 4.78 is 0. The highest BCUT2D eigenvalue weighted by molar-refractivity contribution is 5.79. The Morgan fingerprint density at radius 2 is 2.06 bits per heavy atom. The fourth-order valence-corrected chi connectivity index (χ4v) is 2.20. The Balaban J connectivity index is 2.10. The number of carbonyl (C=O) groups excluding carboxylic acids is 1. The number of rotatable bonds is 4. The Morgan fingerprint density at radius 3 is 2.61 bits per heavy atom. The summed E-state index contributed by atoms with van der Waals surface area (Å²) in [6.07, 6.45) is 5.35. The van der Waals surface area contributed by atoms with E-state index in [0.717, 1.165) is 6.42 Å². The van der Waals surface area contributed by atoms with Gasteiger partial charge in [-0.2, -0.15) is 0 Å². The number of amides is 1. The highest BCUT2D eigenvalue weighted by Gasteiger charge is 2.21. The average molecular weight is 245 g/mol. The zero-order valence-corrected chi connectivity index (χ0v) is 10.7. The number of nitrogens with zero attached hydrogens (tertiary/aromatic N) is 1. The molecular weight excluding hydrogens is 226 g/mol. The summed E-state index contributed by atoms with van der Waals surface area (Å²) >= 11 is 0. The molecule has 1 unspecified atom stereocenters. The molecule has 1 aromatic rings. The fraction of sp³-hybridized carbons (Fsp3) is 0.400. The van der Waals surface area contributed by atoms with Crippen LogP contribution in [-0.4, -0.2) is 29.1 Å². The van der Waals surface area contributed by atoms with Crippen LogP contribution in [0.5, 0.6) is 0 Å². The van der Waals surface area contributed by atoms with Gasteiger partial charge in [-0.25, -0.2) is 0 Å². The normalized spacial score (nSPS) is 19.3. The molecule has 2 rings (SSSR count). The molecule has 3 heteroatoms. The van der Waals surface area contributed by atoms with Gasteiger partial charge < -0.3 is 10.0 Å². The monoisotopic (exact) mass is 245 g/mol. The van der Waals surface area contributed by atoms with Crippen LogP contribution in [-0.2, 0) is 11.2 Å². The summed E-state index contributed by atoms with van der Waals surface area (Å²) in [5, 5.41) is 8.85.